The lowest BCUT2D eigenvalue weighted by Gasteiger charge is -2.05. The van der Waals surface area contributed by atoms with Crippen molar-refractivity contribution in [3.8, 4) is 9.75 Å². The summed E-state index contributed by atoms with van der Waals surface area (Å²) in [6, 6.07) is 7.86. The molecule has 2 aromatic heterocycles. The number of ether oxygens (including phenoxy) is 2. The molecule has 0 aliphatic rings. The maximum atomic E-state index is 11.9. The van der Waals surface area contributed by atoms with Gasteiger partial charge in [0, 0.05) is 14.6 Å². The van der Waals surface area contributed by atoms with E-state index in [4.69, 9.17) is 9.47 Å². The van der Waals surface area contributed by atoms with Gasteiger partial charge in [0.05, 0.1) is 13.2 Å². The molecule has 6 heteroatoms. The lowest BCUT2D eigenvalue weighted by Crippen LogP contribution is -2.18. The van der Waals surface area contributed by atoms with E-state index in [1.165, 1.54) is 17.4 Å². The summed E-state index contributed by atoms with van der Waals surface area (Å²) in [7, 11) is 0. The highest BCUT2D eigenvalue weighted by atomic mass is 32.1. The fourth-order valence-corrected chi connectivity index (χ4v) is 3.53. The molecule has 2 rings (SSSR count). The summed E-state index contributed by atoms with van der Waals surface area (Å²) in [5.74, 6) is -1.32. The molecule has 0 bridgehead atoms. The first-order chi connectivity index (χ1) is 10.7. The monoisotopic (exact) mass is 336 g/mol. The smallest absolute Gasteiger partial charge is 0.345 e. The van der Waals surface area contributed by atoms with Crippen molar-refractivity contribution in [1.29, 1.82) is 0 Å². The molecule has 0 spiro atoms. The number of thiophene rings is 2. The Morgan fingerprint density at radius 1 is 1.05 bits per heavy atom. The predicted molar refractivity (Wildman–Crippen MR) is 88.9 cm³/mol. The van der Waals surface area contributed by atoms with Crippen molar-refractivity contribution in [2.24, 2.45) is 0 Å². The second-order valence-corrected chi connectivity index (χ2v) is 6.24. The molecule has 4 nitrogen and oxygen atoms in total. The van der Waals surface area contributed by atoms with E-state index in [1.807, 2.05) is 29.6 Å². The topological polar surface area (TPSA) is 52.6 Å². The van der Waals surface area contributed by atoms with Crippen LogP contribution in [-0.2, 0) is 19.1 Å². The van der Waals surface area contributed by atoms with E-state index in [-0.39, 0.29) is 18.8 Å². The van der Waals surface area contributed by atoms with Crippen LogP contribution in [0.15, 0.2) is 35.2 Å². The third-order valence-electron chi connectivity index (χ3n) is 2.67. The van der Waals surface area contributed by atoms with Crippen LogP contribution in [0, 0.1) is 0 Å². The molecule has 0 aromatic carbocycles. The second kappa shape index (κ2) is 7.91. The SMILES string of the molecule is CCOC(=O)C(=Cc1ccc(-c2cccs2)s1)C(=O)OCC. The zero-order chi connectivity index (χ0) is 15.9. The lowest BCUT2D eigenvalue weighted by molar-refractivity contribution is -0.146. The van der Waals surface area contributed by atoms with Crippen LogP contribution in [0.4, 0.5) is 0 Å². The maximum Gasteiger partial charge on any atom is 0.345 e. The normalized spacial score (nSPS) is 10.1. The number of carbonyl (C=O) groups excluding carboxylic acids is 2. The van der Waals surface area contributed by atoms with Gasteiger partial charge in [-0.1, -0.05) is 6.07 Å². The molecule has 0 fully saturated rings. The number of hydrogen-bond acceptors (Lipinski definition) is 6. The Hall–Kier alpha value is -1.92. The van der Waals surface area contributed by atoms with Gasteiger partial charge in [0.2, 0.25) is 0 Å². The van der Waals surface area contributed by atoms with Crippen molar-refractivity contribution in [2.45, 2.75) is 13.8 Å². The van der Waals surface area contributed by atoms with Gasteiger partial charge in [0.15, 0.2) is 0 Å². The number of esters is 2. The third kappa shape index (κ3) is 4.05. The first-order valence-corrected chi connectivity index (χ1v) is 8.55. The van der Waals surface area contributed by atoms with Crippen molar-refractivity contribution in [3.05, 3.63) is 40.1 Å². The van der Waals surface area contributed by atoms with Crippen LogP contribution >= 0.6 is 22.7 Å². The van der Waals surface area contributed by atoms with Crippen LogP contribution in [0.2, 0.25) is 0 Å². The van der Waals surface area contributed by atoms with Gasteiger partial charge in [-0.15, -0.1) is 22.7 Å². The minimum Gasteiger partial charge on any atom is -0.462 e. The molecule has 0 aliphatic heterocycles. The van der Waals surface area contributed by atoms with Crippen LogP contribution in [-0.4, -0.2) is 25.2 Å². The minimum atomic E-state index is -0.660. The van der Waals surface area contributed by atoms with Gasteiger partial charge >= 0.3 is 11.9 Å². The van der Waals surface area contributed by atoms with Gasteiger partial charge in [-0.3, -0.25) is 0 Å². The molecule has 0 saturated carbocycles. The van der Waals surface area contributed by atoms with E-state index in [1.54, 1.807) is 25.2 Å². The zero-order valence-corrected chi connectivity index (χ0v) is 14.0. The van der Waals surface area contributed by atoms with Gasteiger partial charge < -0.3 is 9.47 Å². The molecule has 116 valence electrons. The highest BCUT2D eigenvalue weighted by Gasteiger charge is 2.21. The lowest BCUT2D eigenvalue weighted by atomic mass is 10.2. The molecule has 2 aromatic rings. The molecule has 0 N–H and O–H groups in total. The van der Waals surface area contributed by atoms with Gasteiger partial charge in [-0.2, -0.15) is 0 Å². The fourth-order valence-electron chi connectivity index (χ4n) is 1.74. The first-order valence-electron chi connectivity index (χ1n) is 6.85. The van der Waals surface area contributed by atoms with Gasteiger partial charge in [-0.05, 0) is 43.5 Å². The summed E-state index contributed by atoms with van der Waals surface area (Å²) in [6.07, 6.45) is 1.53. The van der Waals surface area contributed by atoms with E-state index in [0.717, 1.165) is 14.6 Å². The Morgan fingerprint density at radius 3 is 2.27 bits per heavy atom. The Morgan fingerprint density at radius 2 is 1.73 bits per heavy atom. The highest BCUT2D eigenvalue weighted by molar-refractivity contribution is 7.21. The highest BCUT2D eigenvalue weighted by Crippen LogP contribution is 2.32. The van der Waals surface area contributed by atoms with Gasteiger partial charge in [0.1, 0.15) is 5.57 Å². The van der Waals surface area contributed by atoms with Gasteiger partial charge in [0.25, 0.3) is 0 Å². The molecule has 0 amide bonds. The zero-order valence-electron chi connectivity index (χ0n) is 12.3. The Balaban J connectivity index is 2.28. The van der Waals surface area contributed by atoms with E-state index in [9.17, 15) is 9.59 Å². The van der Waals surface area contributed by atoms with Crippen LogP contribution in [0.3, 0.4) is 0 Å². The summed E-state index contributed by atoms with van der Waals surface area (Å²) >= 11 is 3.15. The largest absolute Gasteiger partial charge is 0.462 e. The van der Waals surface area contributed by atoms with Gasteiger partial charge in [-0.25, -0.2) is 9.59 Å². The standard InChI is InChI=1S/C16H16O4S2/c1-3-19-15(17)12(16(18)20-4-2)10-11-7-8-14(22-11)13-6-5-9-21-13/h5-10H,3-4H2,1-2H3. The molecule has 0 radical (unpaired) electrons. The predicted octanol–water partition coefficient (Wildman–Crippen LogP) is 3.99. The maximum absolute atomic E-state index is 11.9. The molecule has 2 heterocycles. The second-order valence-electron chi connectivity index (χ2n) is 4.18. The summed E-state index contributed by atoms with van der Waals surface area (Å²) in [5.41, 5.74) is -0.0803. The van der Waals surface area contributed by atoms with Crippen LogP contribution in [0.25, 0.3) is 15.8 Å². The van der Waals surface area contributed by atoms with E-state index in [0.29, 0.717) is 0 Å². The van der Waals surface area contributed by atoms with E-state index >= 15 is 0 Å². The summed E-state index contributed by atoms with van der Waals surface area (Å²) < 4.78 is 9.84. The molecular formula is C16H16O4S2. The average molecular weight is 336 g/mol. The molecular weight excluding hydrogens is 320 g/mol. The number of hydrogen-bond donors (Lipinski definition) is 0. The van der Waals surface area contributed by atoms with Crippen molar-refractivity contribution in [2.75, 3.05) is 13.2 Å². The van der Waals surface area contributed by atoms with E-state index < -0.39 is 11.9 Å². The van der Waals surface area contributed by atoms with E-state index in [2.05, 4.69) is 0 Å². The third-order valence-corrected chi connectivity index (χ3v) is 4.77. The molecule has 0 atom stereocenters. The molecule has 0 aliphatic carbocycles. The Kier molecular flexibility index (Phi) is 5.91. The van der Waals surface area contributed by atoms with Crippen molar-refractivity contribution in [1.82, 2.24) is 0 Å². The minimum absolute atomic E-state index is 0.0803. The number of rotatable bonds is 6. The molecule has 0 unspecified atom stereocenters. The summed E-state index contributed by atoms with van der Waals surface area (Å²) in [5, 5.41) is 2.01. The molecule has 0 saturated heterocycles. The summed E-state index contributed by atoms with van der Waals surface area (Å²) in [4.78, 5) is 26.9. The van der Waals surface area contributed by atoms with Crippen LogP contribution in [0.5, 0.6) is 0 Å². The Labute approximate surface area is 137 Å². The number of carbonyl (C=O) groups is 2. The van der Waals surface area contributed by atoms with Crippen molar-refractivity contribution in [3.63, 3.8) is 0 Å². The van der Waals surface area contributed by atoms with Crippen molar-refractivity contribution < 1.29 is 19.1 Å². The quantitative estimate of drug-likeness (QED) is 0.346. The van der Waals surface area contributed by atoms with Crippen LogP contribution in [0.1, 0.15) is 18.7 Å². The fraction of sp³-hybridized carbons (Fsp3) is 0.250. The summed E-state index contributed by atoms with van der Waals surface area (Å²) in [6.45, 7) is 3.81. The average Bonchev–Trinajstić information content (AvgIpc) is 3.16. The molecule has 22 heavy (non-hydrogen) atoms. The first kappa shape index (κ1) is 16.5. The van der Waals surface area contributed by atoms with Crippen molar-refractivity contribution >= 4 is 40.7 Å². The van der Waals surface area contributed by atoms with Crippen LogP contribution < -0.4 is 0 Å². The Bertz CT molecular complexity index is 648.